The molecule has 1 N–H and O–H groups in total. The number of anilines is 2. The monoisotopic (exact) mass is 267 g/mol. The Bertz CT molecular complexity index is 557. The fraction of sp³-hybridized carbons (Fsp3) is 0.353. The molecule has 1 aliphatic rings. The summed E-state index contributed by atoms with van der Waals surface area (Å²) in [7, 11) is 0. The van der Waals surface area contributed by atoms with Crippen LogP contribution in [-0.4, -0.2) is 18.1 Å². The van der Waals surface area contributed by atoms with Gasteiger partial charge >= 0.3 is 0 Å². The van der Waals surface area contributed by atoms with Gasteiger partial charge in [0.15, 0.2) is 0 Å². The van der Waals surface area contributed by atoms with E-state index < -0.39 is 0 Å². The van der Waals surface area contributed by atoms with Gasteiger partial charge in [0.1, 0.15) is 0 Å². The number of rotatable bonds is 4. The molecule has 0 saturated carbocycles. The van der Waals surface area contributed by atoms with Crippen LogP contribution >= 0.6 is 0 Å². The van der Waals surface area contributed by atoms with Gasteiger partial charge < -0.3 is 10.2 Å². The fourth-order valence-corrected chi connectivity index (χ4v) is 2.70. The molecule has 3 heteroatoms. The summed E-state index contributed by atoms with van der Waals surface area (Å²) in [5, 5.41) is 3.46. The van der Waals surface area contributed by atoms with E-state index in [2.05, 4.69) is 45.5 Å². The molecule has 1 fully saturated rings. The zero-order valence-electron chi connectivity index (χ0n) is 12.0. The molecule has 20 heavy (non-hydrogen) atoms. The number of para-hydroxylation sites is 1. The summed E-state index contributed by atoms with van der Waals surface area (Å²) in [6.07, 6.45) is 4.51. The maximum atomic E-state index is 4.32. The average Bonchev–Trinajstić information content (AvgIpc) is 3.01. The van der Waals surface area contributed by atoms with Crippen molar-refractivity contribution in [2.24, 2.45) is 0 Å². The van der Waals surface area contributed by atoms with E-state index in [9.17, 15) is 0 Å². The van der Waals surface area contributed by atoms with Gasteiger partial charge in [-0.25, -0.2) is 0 Å². The molecular weight excluding hydrogens is 246 g/mol. The van der Waals surface area contributed by atoms with Gasteiger partial charge in [0.25, 0.3) is 0 Å². The molecule has 0 radical (unpaired) electrons. The van der Waals surface area contributed by atoms with Crippen LogP contribution in [0.2, 0.25) is 0 Å². The van der Waals surface area contributed by atoms with E-state index in [1.54, 1.807) is 0 Å². The van der Waals surface area contributed by atoms with Crippen LogP contribution in [0.25, 0.3) is 0 Å². The molecule has 1 aromatic heterocycles. The molecule has 0 unspecified atom stereocenters. The SMILES string of the molecule is Cc1ccc(NCc2ccccc2N2CCCC2)cn1. The van der Waals surface area contributed by atoms with Crippen molar-refractivity contribution in [3.8, 4) is 0 Å². The van der Waals surface area contributed by atoms with Crippen molar-refractivity contribution >= 4 is 11.4 Å². The predicted molar refractivity (Wildman–Crippen MR) is 84.2 cm³/mol. The molecule has 0 bridgehead atoms. The van der Waals surface area contributed by atoms with Crippen LogP contribution < -0.4 is 10.2 Å². The summed E-state index contributed by atoms with van der Waals surface area (Å²) >= 11 is 0. The quantitative estimate of drug-likeness (QED) is 0.917. The highest BCUT2D eigenvalue weighted by molar-refractivity contribution is 5.56. The van der Waals surface area contributed by atoms with Crippen LogP contribution in [0.4, 0.5) is 11.4 Å². The Labute approximate surface area is 120 Å². The van der Waals surface area contributed by atoms with Crippen molar-refractivity contribution in [1.82, 2.24) is 4.98 Å². The topological polar surface area (TPSA) is 28.2 Å². The molecule has 2 heterocycles. The number of pyridine rings is 1. The third kappa shape index (κ3) is 2.93. The molecule has 0 atom stereocenters. The first-order chi connectivity index (χ1) is 9.83. The summed E-state index contributed by atoms with van der Waals surface area (Å²) in [4.78, 5) is 6.81. The lowest BCUT2D eigenvalue weighted by atomic mass is 10.1. The Balaban J connectivity index is 1.72. The summed E-state index contributed by atoms with van der Waals surface area (Å²) < 4.78 is 0. The number of nitrogens with zero attached hydrogens (tertiary/aromatic N) is 2. The molecule has 0 aliphatic carbocycles. The van der Waals surface area contributed by atoms with E-state index in [-0.39, 0.29) is 0 Å². The van der Waals surface area contributed by atoms with Crippen LogP contribution in [0.5, 0.6) is 0 Å². The van der Waals surface area contributed by atoms with E-state index in [1.807, 2.05) is 19.2 Å². The predicted octanol–water partition coefficient (Wildman–Crippen LogP) is 3.60. The van der Waals surface area contributed by atoms with E-state index >= 15 is 0 Å². The normalized spacial score (nSPS) is 14.6. The van der Waals surface area contributed by atoms with Gasteiger partial charge in [0.2, 0.25) is 0 Å². The van der Waals surface area contributed by atoms with Gasteiger partial charge in [-0.05, 0) is 43.5 Å². The minimum absolute atomic E-state index is 0.845. The van der Waals surface area contributed by atoms with Gasteiger partial charge in [0, 0.05) is 31.0 Å². The molecule has 1 saturated heterocycles. The van der Waals surface area contributed by atoms with Gasteiger partial charge in [-0.2, -0.15) is 0 Å². The van der Waals surface area contributed by atoms with E-state index in [0.717, 1.165) is 17.9 Å². The average molecular weight is 267 g/mol. The molecular formula is C17H21N3. The van der Waals surface area contributed by atoms with Crippen LogP contribution in [0, 0.1) is 6.92 Å². The van der Waals surface area contributed by atoms with E-state index in [4.69, 9.17) is 0 Å². The lowest BCUT2D eigenvalue weighted by Gasteiger charge is -2.21. The summed E-state index contributed by atoms with van der Waals surface area (Å²) in [5.74, 6) is 0. The van der Waals surface area contributed by atoms with Crippen LogP contribution in [0.3, 0.4) is 0 Å². The van der Waals surface area contributed by atoms with Gasteiger partial charge in [0.05, 0.1) is 11.9 Å². The molecule has 3 rings (SSSR count). The number of hydrogen-bond donors (Lipinski definition) is 1. The summed E-state index contributed by atoms with van der Waals surface area (Å²) in [6, 6.07) is 12.8. The van der Waals surface area contributed by atoms with Crippen molar-refractivity contribution < 1.29 is 0 Å². The molecule has 0 amide bonds. The maximum Gasteiger partial charge on any atom is 0.0529 e. The minimum Gasteiger partial charge on any atom is -0.380 e. The number of benzene rings is 1. The fourth-order valence-electron chi connectivity index (χ4n) is 2.70. The molecule has 3 nitrogen and oxygen atoms in total. The Morgan fingerprint density at radius 3 is 2.65 bits per heavy atom. The number of nitrogens with one attached hydrogen (secondary N) is 1. The highest BCUT2D eigenvalue weighted by Crippen LogP contribution is 2.25. The van der Waals surface area contributed by atoms with Crippen LogP contribution in [0.1, 0.15) is 24.1 Å². The van der Waals surface area contributed by atoms with E-state index in [0.29, 0.717) is 0 Å². The Morgan fingerprint density at radius 2 is 1.90 bits per heavy atom. The van der Waals surface area contributed by atoms with Crippen LogP contribution in [0.15, 0.2) is 42.6 Å². The highest BCUT2D eigenvalue weighted by atomic mass is 15.1. The third-order valence-corrected chi connectivity index (χ3v) is 3.83. The summed E-state index contributed by atoms with van der Waals surface area (Å²) in [6.45, 7) is 5.22. The first kappa shape index (κ1) is 13.0. The molecule has 0 spiro atoms. The minimum atomic E-state index is 0.845. The van der Waals surface area contributed by atoms with Crippen LogP contribution in [-0.2, 0) is 6.54 Å². The molecule has 1 aromatic carbocycles. The van der Waals surface area contributed by atoms with Crippen molar-refractivity contribution in [1.29, 1.82) is 0 Å². The zero-order valence-corrected chi connectivity index (χ0v) is 12.0. The van der Waals surface area contributed by atoms with Crippen molar-refractivity contribution in [3.63, 3.8) is 0 Å². The van der Waals surface area contributed by atoms with Gasteiger partial charge in [-0.1, -0.05) is 18.2 Å². The van der Waals surface area contributed by atoms with E-state index in [1.165, 1.54) is 37.2 Å². The number of aryl methyl sites for hydroxylation is 1. The zero-order chi connectivity index (χ0) is 13.8. The lowest BCUT2D eigenvalue weighted by molar-refractivity contribution is 0.949. The standard InChI is InChI=1S/C17H21N3/c1-14-8-9-16(13-18-14)19-12-15-6-2-3-7-17(15)20-10-4-5-11-20/h2-3,6-9,13,19H,4-5,10-12H2,1H3. The van der Waals surface area contributed by atoms with Crippen molar-refractivity contribution in [3.05, 3.63) is 53.9 Å². The highest BCUT2D eigenvalue weighted by Gasteiger charge is 2.14. The second kappa shape index (κ2) is 5.95. The number of aromatic nitrogens is 1. The van der Waals surface area contributed by atoms with Crippen molar-refractivity contribution in [2.45, 2.75) is 26.3 Å². The first-order valence-corrected chi connectivity index (χ1v) is 7.32. The number of hydrogen-bond acceptors (Lipinski definition) is 3. The maximum absolute atomic E-state index is 4.32. The van der Waals surface area contributed by atoms with Gasteiger partial charge in [-0.15, -0.1) is 0 Å². The molecule has 2 aromatic rings. The third-order valence-electron chi connectivity index (χ3n) is 3.83. The second-order valence-electron chi connectivity index (χ2n) is 5.36. The molecule has 1 aliphatic heterocycles. The second-order valence-corrected chi connectivity index (χ2v) is 5.36. The van der Waals surface area contributed by atoms with Crippen molar-refractivity contribution in [2.75, 3.05) is 23.3 Å². The Morgan fingerprint density at radius 1 is 1.10 bits per heavy atom. The van der Waals surface area contributed by atoms with Gasteiger partial charge in [-0.3, -0.25) is 4.98 Å². The Kier molecular flexibility index (Phi) is 3.86. The summed E-state index contributed by atoms with van der Waals surface area (Å²) in [5.41, 5.74) is 4.85. The molecule has 104 valence electrons. The Hall–Kier alpha value is -2.03. The first-order valence-electron chi connectivity index (χ1n) is 7.32. The lowest BCUT2D eigenvalue weighted by Crippen LogP contribution is -2.19. The largest absolute Gasteiger partial charge is 0.380 e. The smallest absolute Gasteiger partial charge is 0.0529 e.